The molecule has 1 N–H and O–H groups in total. The summed E-state index contributed by atoms with van der Waals surface area (Å²) in [5.41, 5.74) is 0.623. The summed E-state index contributed by atoms with van der Waals surface area (Å²) < 4.78 is 9.55. The molecule has 1 heterocycles. The molecule has 0 spiro atoms. The third kappa shape index (κ3) is 7.90. The van der Waals surface area contributed by atoms with Crippen LogP contribution in [-0.4, -0.2) is 43.4 Å². The number of carbonyl (C=O) groups is 4. The van der Waals surface area contributed by atoms with Gasteiger partial charge >= 0.3 is 11.9 Å². The first-order valence-electron chi connectivity index (χ1n) is 8.77. The fraction of sp³-hybridized carbons (Fsp3) is 0.579. The quantitative estimate of drug-likeness (QED) is 0.481. The lowest BCUT2D eigenvalue weighted by Crippen LogP contribution is -2.44. The maximum absolute atomic E-state index is 12.1. The summed E-state index contributed by atoms with van der Waals surface area (Å²) in [5, 5.41) is 2.50. The molecule has 150 valence electrons. The van der Waals surface area contributed by atoms with Gasteiger partial charge in [-0.15, -0.1) is 11.3 Å². The van der Waals surface area contributed by atoms with Crippen molar-refractivity contribution in [3.05, 3.63) is 21.4 Å². The summed E-state index contributed by atoms with van der Waals surface area (Å²) in [7, 11) is 1.25. The number of amides is 1. The Bertz CT molecular complexity index is 694. The first-order valence-corrected chi connectivity index (χ1v) is 9.58. The van der Waals surface area contributed by atoms with Crippen LogP contribution in [0.1, 0.15) is 53.2 Å². The van der Waals surface area contributed by atoms with Crippen molar-refractivity contribution >= 4 is 35.0 Å². The molecule has 0 aliphatic heterocycles. The highest BCUT2D eigenvalue weighted by atomic mass is 32.1. The van der Waals surface area contributed by atoms with Gasteiger partial charge < -0.3 is 14.8 Å². The molecular formula is C19H27NO6S. The maximum atomic E-state index is 12.1. The monoisotopic (exact) mass is 397 g/mol. The predicted molar refractivity (Wildman–Crippen MR) is 102 cm³/mol. The zero-order valence-corrected chi connectivity index (χ0v) is 17.2. The van der Waals surface area contributed by atoms with Crippen molar-refractivity contribution < 1.29 is 28.7 Å². The minimum absolute atomic E-state index is 0.0234. The van der Waals surface area contributed by atoms with Crippen LogP contribution in [0.15, 0.2) is 6.07 Å². The molecule has 0 aliphatic rings. The van der Waals surface area contributed by atoms with Crippen LogP contribution in [0.5, 0.6) is 0 Å². The van der Waals surface area contributed by atoms with Gasteiger partial charge in [-0.3, -0.25) is 14.4 Å². The van der Waals surface area contributed by atoms with Crippen LogP contribution in [0, 0.1) is 19.8 Å². The molecule has 1 atom stereocenters. The number of ketones is 1. The Morgan fingerprint density at radius 2 is 1.81 bits per heavy atom. The van der Waals surface area contributed by atoms with Crippen molar-refractivity contribution in [1.29, 1.82) is 0 Å². The summed E-state index contributed by atoms with van der Waals surface area (Å²) in [6, 6.07) is 1.02. The minimum Gasteiger partial charge on any atom is -0.467 e. The molecule has 1 aromatic rings. The molecule has 7 nitrogen and oxygen atoms in total. The van der Waals surface area contributed by atoms with Gasteiger partial charge in [0.15, 0.2) is 12.4 Å². The number of ether oxygens (including phenoxy) is 2. The maximum Gasteiger partial charge on any atom is 0.328 e. The van der Waals surface area contributed by atoms with E-state index in [0.29, 0.717) is 12.0 Å². The van der Waals surface area contributed by atoms with Crippen molar-refractivity contribution in [2.75, 3.05) is 13.7 Å². The van der Waals surface area contributed by atoms with E-state index in [1.807, 2.05) is 33.8 Å². The van der Waals surface area contributed by atoms with Gasteiger partial charge in [0.2, 0.25) is 0 Å². The van der Waals surface area contributed by atoms with Crippen molar-refractivity contribution in [2.45, 2.75) is 53.0 Å². The highest BCUT2D eigenvalue weighted by Crippen LogP contribution is 2.22. The van der Waals surface area contributed by atoms with Crippen LogP contribution < -0.4 is 5.32 Å². The second kappa shape index (κ2) is 10.8. The Kier molecular flexibility index (Phi) is 9.14. The molecule has 0 bridgehead atoms. The second-order valence-corrected chi connectivity index (χ2v) is 8.14. The lowest BCUT2D eigenvalue weighted by atomic mass is 10.0. The number of thiophene rings is 1. The number of methoxy groups -OCH3 is 1. The number of Topliss-reactive ketones (excluding diaryl/α,β-unsaturated/α-hetero) is 1. The van der Waals surface area contributed by atoms with E-state index >= 15 is 0 Å². The fourth-order valence-electron chi connectivity index (χ4n) is 2.54. The van der Waals surface area contributed by atoms with E-state index in [-0.39, 0.29) is 24.5 Å². The number of nitrogens with one attached hydrogen (secondary N) is 1. The summed E-state index contributed by atoms with van der Waals surface area (Å²) in [6.45, 7) is 7.10. The molecule has 0 aliphatic carbocycles. The molecule has 1 amide bonds. The molecule has 0 radical (unpaired) electrons. The standard InChI is InChI=1S/C19H27NO6S/c1-11(2)8-15(19(24)25-5)20-17(22)10-26-18(23)7-6-16(21)14-9-12(3)27-13(14)4/h9,11,15H,6-8,10H2,1-5H3,(H,20,22)/t15-/m0/s1. The zero-order chi connectivity index (χ0) is 20.6. The first kappa shape index (κ1) is 22.8. The van der Waals surface area contributed by atoms with Crippen LogP contribution in [0.2, 0.25) is 0 Å². The van der Waals surface area contributed by atoms with Crippen molar-refractivity contribution in [1.82, 2.24) is 5.32 Å². The van der Waals surface area contributed by atoms with Gasteiger partial charge in [-0.1, -0.05) is 13.8 Å². The van der Waals surface area contributed by atoms with E-state index in [0.717, 1.165) is 9.75 Å². The van der Waals surface area contributed by atoms with E-state index in [2.05, 4.69) is 10.1 Å². The number of hydrogen-bond donors (Lipinski definition) is 1. The number of hydrogen-bond acceptors (Lipinski definition) is 7. The van der Waals surface area contributed by atoms with Gasteiger partial charge in [0.25, 0.3) is 5.91 Å². The molecule has 1 aromatic heterocycles. The topological polar surface area (TPSA) is 98.8 Å². The van der Waals surface area contributed by atoms with Crippen molar-refractivity contribution in [2.24, 2.45) is 5.92 Å². The minimum atomic E-state index is -0.785. The summed E-state index contributed by atoms with van der Waals surface area (Å²) in [5.74, 6) is -1.72. The summed E-state index contributed by atoms with van der Waals surface area (Å²) in [4.78, 5) is 49.5. The Morgan fingerprint density at radius 1 is 1.15 bits per heavy atom. The van der Waals surface area contributed by atoms with Crippen LogP contribution in [0.25, 0.3) is 0 Å². The molecule has 27 heavy (non-hydrogen) atoms. The highest BCUT2D eigenvalue weighted by Gasteiger charge is 2.23. The van der Waals surface area contributed by atoms with Crippen molar-refractivity contribution in [3.63, 3.8) is 0 Å². The first-order chi connectivity index (χ1) is 12.6. The SMILES string of the molecule is COC(=O)[C@H](CC(C)C)NC(=O)COC(=O)CCC(=O)c1cc(C)sc1C. The molecule has 0 aromatic carbocycles. The number of aryl methyl sites for hydroxylation is 2. The molecule has 0 fully saturated rings. The second-order valence-electron chi connectivity index (χ2n) is 6.68. The van der Waals surface area contributed by atoms with Crippen LogP contribution in [0.3, 0.4) is 0 Å². The molecule has 0 saturated heterocycles. The smallest absolute Gasteiger partial charge is 0.328 e. The number of rotatable bonds is 10. The molecular weight excluding hydrogens is 370 g/mol. The average molecular weight is 397 g/mol. The van der Waals surface area contributed by atoms with E-state index < -0.39 is 30.5 Å². The third-order valence-electron chi connectivity index (χ3n) is 3.79. The van der Waals surface area contributed by atoms with Gasteiger partial charge in [0, 0.05) is 21.7 Å². The van der Waals surface area contributed by atoms with Gasteiger partial charge in [-0.2, -0.15) is 0 Å². The molecule has 8 heteroatoms. The highest BCUT2D eigenvalue weighted by molar-refractivity contribution is 7.12. The van der Waals surface area contributed by atoms with Gasteiger partial charge in [0.1, 0.15) is 6.04 Å². The van der Waals surface area contributed by atoms with Crippen LogP contribution >= 0.6 is 11.3 Å². The summed E-state index contributed by atoms with van der Waals surface area (Å²) in [6.07, 6.45) is 0.336. The Labute approximate surface area is 163 Å². The number of carbonyl (C=O) groups excluding carboxylic acids is 4. The van der Waals surface area contributed by atoms with Crippen molar-refractivity contribution in [3.8, 4) is 0 Å². The van der Waals surface area contributed by atoms with Gasteiger partial charge in [-0.25, -0.2) is 4.79 Å². The molecule has 0 unspecified atom stereocenters. The fourth-order valence-corrected chi connectivity index (χ4v) is 3.48. The van der Waals surface area contributed by atoms with E-state index in [1.54, 1.807) is 0 Å². The summed E-state index contributed by atoms with van der Waals surface area (Å²) >= 11 is 1.53. The lowest BCUT2D eigenvalue weighted by molar-refractivity contribution is -0.150. The van der Waals surface area contributed by atoms with E-state index in [4.69, 9.17) is 4.74 Å². The van der Waals surface area contributed by atoms with E-state index in [9.17, 15) is 19.2 Å². The van der Waals surface area contributed by atoms with Crippen LogP contribution in [-0.2, 0) is 23.9 Å². The lowest BCUT2D eigenvalue weighted by Gasteiger charge is -2.18. The average Bonchev–Trinajstić information content (AvgIpc) is 2.94. The Balaban J connectivity index is 2.42. The molecule has 0 saturated carbocycles. The Morgan fingerprint density at radius 3 is 2.33 bits per heavy atom. The Hall–Kier alpha value is -2.22. The van der Waals surface area contributed by atoms with Crippen LogP contribution in [0.4, 0.5) is 0 Å². The third-order valence-corrected chi connectivity index (χ3v) is 4.76. The van der Waals surface area contributed by atoms with Gasteiger partial charge in [-0.05, 0) is 32.3 Å². The zero-order valence-electron chi connectivity index (χ0n) is 16.4. The molecule has 1 rings (SSSR count). The van der Waals surface area contributed by atoms with E-state index in [1.165, 1.54) is 18.4 Å². The largest absolute Gasteiger partial charge is 0.467 e. The predicted octanol–water partition coefficient (Wildman–Crippen LogP) is 2.57. The number of esters is 2. The van der Waals surface area contributed by atoms with Gasteiger partial charge in [0.05, 0.1) is 13.5 Å². The normalized spacial score (nSPS) is 11.8.